The van der Waals surface area contributed by atoms with E-state index in [4.69, 9.17) is 4.74 Å². The Balaban J connectivity index is 1.55. The highest BCUT2D eigenvalue weighted by atomic mass is 32.2. The minimum atomic E-state index is -0.230. The molecule has 1 amide bonds. The Morgan fingerprint density at radius 3 is 2.96 bits per heavy atom. The number of hydrogen-bond donors (Lipinski definition) is 2. The number of benzene rings is 2. The highest BCUT2D eigenvalue weighted by Crippen LogP contribution is 2.26. The maximum absolute atomic E-state index is 12.0. The van der Waals surface area contributed by atoms with Crippen LogP contribution in [-0.4, -0.2) is 39.1 Å². The number of aromatic nitrogens is 2. The number of para-hydroxylation sites is 2. The second kappa shape index (κ2) is 8.59. The van der Waals surface area contributed by atoms with Crippen molar-refractivity contribution in [1.29, 1.82) is 0 Å². The van der Waals surface area contributed by atoms with Crippen LogP contribution in [0.25, 0.3) is 11.0 Å². The van der Waals surface area contributed by atoms with Crippen molar-refractivity contribution < 1.29 is 14.6 Å². The summed E-state index contributed by atoms with van der Waals surface area (Å²) in [5.41, 5.74) is 5.12. The second-order valence-corrected chi connectivity index (χ2v) is 6.63. The maximum Gasteiger partial charge on any atom is 0.250 e. The van der Waals surface area contributed by atoms with E-state index in [0.717, 1.165) is 16.2 Å². The zero-order chi connectivity index (χ0) is 19.2. The smallest absolute Gasteiger partial charge is 0.250 e. The standard InChI is InChI=1S/C19H20N4O3S/c1-3-26-17-10-13(8-9-16(17)24)11-20-22-18(25)12-27-19-21-14-6-4-5-7-15(14)23(19)2/h4-11,24H,3,12H2,1-2H3,(H,22,25). The summed E-state index contributed by atoms with van der Waals surface area (Å²) in [6.45, 7) is 2.28. The minimum Gasteiger partial charge on any atom is -0.504 e. The van der Waals surface area contributed by atoms with Crippen LogP contribution in [0.2, 0.25) is 0 Å². The molecule has 3 rings (SSSR count). The van der Waals surface area contributed by atoms with Crippen molar-refractivity contribution in [2.45, 2.75) is 12.1 Å². The van der Waals surface area contributed by atoms with Gasteiger partial charge in [-0.05, 0) is 42.8 Å². The number of thioether (sulfide) groups is 1. The molecule has 0 unspecified atom stereocenters. The van der Waals surface area contributed by atoms with Gasteiger partial charge in [0.2, 0.25) is 0 Å². The van der Waals surface area contributed by atoms with Crippen molar-refractivity contribution >= 4 is 34.9 Å². The van der Waals surface area contributed by atoms with Gasteiger partial charge in [0, 0.05) is 7.05 Å². The molecule has 0 saturated heterocycles. The van der Waals surface area contributed by atoms with E-state index in [-0.39, 0.29) is 17.4 Å². The SMILES string of the molecule is CCOc1cc(C=NNC(=O)CSc2nc3ccccc3n2C)ccc1O. The maximum atomic E-state index is 12.0. The van der Waals surface area contributed by atoms with Crippen LogP contribution in [0.15, 0.2) is 52.7 Å². The average Bonchev–Trinajstić information content (AvgIpc) is 2.99. The second-order valence-electron chi connectivity index (χ2n) is 5.68. The molecular formula is C19H20N4O3S. The van der Waals surface area contributed by atoms with Crippen molar-refractivity contribution in [3.05, 3.63) is 48.0 Å². The molecule has 8 heteroatoms. The highest BCUT2D eigenvalue weighted by molar-refractivity contribution is 7.99. The summed E-state index contributed by atoms with van der Waals surface area (Å²) in [5, 5.41) is 14.4. The van der Waals surface area contributed by atoms with Gasteiger partial charge in [0.15, 0.2) is 16.7 Å². The largest absolute Gasteiger partial charge is 0.504 e. The molecule has 0 bridgehead atoms. The van der Waals surface area contributed by atoms with E-state index in [1.165, 1.54) is 24.0 Å². The summed E-state index contributed by atoms with van der Waals surface area (Å²) in [7, 11) is 1.93. The lowest BCUT2D eigenvalue weighted by atomic mass is 10.2. The summed E-state index contributed by atoms with van der Waals surface area (Å²) in [5.74, 6) is 0.419. The van der Waals surface area contributed by atoms with Crippen molar-refractivity contribution in [1.82, 2.24) is 15.0 Å². The fourth-order valence-electron chi connectivity index (χ4n) is 2.48. The number of nitrogens with zero attached hydrogens (tertiary/aromatic N) is 3. The molecule has 0 spiro atoms. The summed E-state index contributed by atoms with van der Waals surface area (Å²) >= 11 is 1.35. The van der Waals surface area contributed by atoms with Gasteiger partial charge in [-0.25, -0.2) is 10.4 Å². The first-order valence-corrected chi connectivity index (χ1v) is 9.39. The third-order valence-electron chi connectivity index (χ3n) is 3.77. The van der Waals surface area contributed by atoms with Crippen LogP contribution in [0.4, 0.5) is 0 Å². The highest BCUT2D eigenvalue weighted by Gasteiger charge is 2.10. The van der Waals surface area contributed by atoms with Gasteiger partial charge in [-0.15, -0.1) is 0 Å². The Hall–Kier alpha value is -3.00. The molecule has 2 aromatic carbocycles. The first kappa shape index (κ1) is 18.8. The normalized spacial score (nSPS) is 11.2. The van der Waals surface area contributed by atoms with Gasteiger partial charge in [-0.3, -0.25) is 4.79 Å². The van der Waals surface area contributed by atoms with Crippen molar-refractivity contribution in [2.24, 2.45) is 12.1 Å². The predicted octanol–water partition coefficient (Wildman–Crippen LogP) is 2.92. The molecule has 140 valence electrons. The number of carbonyl (C=O) groups excluding carboxylic acids is 1. The van der Waals surface area contributed by atoms with E-state index in [1.807, 2.05) is 42.8 Å². The molecule has 27 heavy (non-hydrogen) atoms. The zero-order valence-electron chi connectivity index (χ0n) is 15.0. The number of phenolic OH excluding ortho intramolecular Hbond substituents is 1. The van der Waals surface area contributed by atoms with E-state index < -0.39 is 0 Å². The molecular weight excluding hydrogens is 364 g/mol. The molecule has 0 aliphatic rings. The van der Waals surface area contributed by atoms with Crippen LogP contribution in [0.1, 0.15) is 12.5 Å². The summed E-state index contributed by atoms with van der Waals surface area (Å²) in [4.78, 5) is 16.5. The summed E-state index contributed by atoms with van der Waals surface area (Å²) in [6.07, 6.45) is 1.50. The molecule has 1 aromatic heterocycles. The Bertz CT molecular complexity index is 984. The van der Waals surface area contributed by atoms with Gasteiger partial charge in [-0.1, -0.05) is 23.9 Å². The predicted molar refractivity (Wildman–Crippen MR) is 106 cm³/mol. The van der Waals surface area contributed by atoms with Gasteiger partial charge in [0.25, 0.3) is 5.91 Å². The lowest BCUT2D eigenvalue weighted by Gasteiger charge is -2.06. The number of aryl methyl sites for hydroxylation is 1. The number of carbonyl (C=O) groups is 1. The molecule has 0 atom stereocenters. The lowest BCUT2D eigenvalue weighted by Crippen LogP contribution is -2.19. The summed E-state index contributed by atoms with van der Waals surface area (Å²) < 4.78 is 7.28. The van der Waals surface area contributed by atoms with E-state index in [1.54, 1.807) is 12.1 Å². The Labute approximate surface area is 161 Å². The average molecular weight is 384 g/mol. The number of phenols is 1. The molecule has 2 N–H and O–H groups in total. The molecule has 0 aliphatic carbocycles. The quantitative estimate of drug-likeness (QED) is 0.371. The molecule has 0 saturated carbocycles. The molecule has 0 radical (unpaired) electrons. The number of hydrogen-bond acceptors (Lipinski definition) is 6. The van der Waals surface area contributed by atoms with Crippen molar-refractivity contribution in [3.8, 4) is 11.5 Å². The van der Waals surface area contributed by atoms with Gasteiger partial charge in [-0.2, -0.15) is 5.10 Å². The number of fused-ring (bicyclic) bond motifs is 1. The number of hydrazone groups is 1. The minimum absolute atomic E-state index is 0.0666. The van der Waals surface area contributed by atoms with E-state index in [0.29, 0.717) is 17.9 Å². The lowest BCUT2D eigenvalue weighted by molar-refractivity contribution is -0.118. The Kier molecular flexibility index (Phi) is 5.97. The molecule has 1 heterocycles. The van der Waals surface area contributed by atoms with Crippen LogP contribution < -0.4 is 10.2 Å². The molecule has 7 nitrogen and oxygen atoms in total. The molecule has 3 aromatic rings. The number of nitrogens with one attached hydrogen (secondary N) is 1. The van der Waals surface area contributed by atoms with Crippen LogP contribution in [0.3, 0.4) is 0 Å². The Morgan fingerprint density at radius 1 is 1.37 bits per heavy atom. The number of rotatable bonds is 7. The first-order valence-electron chi connectivity index (χ1n) is 8.40. The fraction of sp³-hybridized carbons (Fsp3) is 0.211. The third-order valence-corrected chi connectivity index (χ3v) is 4.79. The van der Waals surface area contributed by atoms with Crippen LogP contribution in [0.5, 0.6) is 11.5 Å². The van der Waals surface area contributed by atoms with Crippen molar-refractivity contribution in [2.75, 3.05) is 12.4 Å². The van der Waals surface area contributed by atoms with E-state index in [2.05, 4.69) is 15.5 Å². The summed E-state index contributed by atoms with van der Waals surface area (Å²) in [6, 6.07) is 12.7. The fourth-order valence-corrected chi connectivity index (χ4v) is 3.26. The number of amides is 1. The van der Waals surface area contributed by atoms with E-state index in [9.17, 15) is 9.90 Å². The number of aromatic hydroxyl groups is 1. The van der Waals surface area contributed by atoms with Gasteiger partial charge >= 0.3 is 0 Å². The van der Waals surface area contributed by atoms with E-state index >= 15 is 0 Å². The van der Waals surface area contributed by atoms with Gasteiger partial charge < -0.3 is 14.4 Å². The first-order chi connectivity index (χ1) is 13.1. The Morgan fingerprint density at radius 2 is 2.19 bits per heavy atom. The van der Waals surface area contributed by atoms with Crippen LogP contribution >= 0.6 is 11.8 Å². The third kappa shape index (κ3) is 4.59. The van der Waals surface area contributed by atoms with Gasteiger partial charge in [0.1, 0.15) is 0 Å². The topological polar surface area (TPSA) is 88.7 Å². The monoisotopic (exact) mass is 384 g/mol. The molecule has 0 aliphatic heterocycles. The van der Waals surface area contributed by atoms with Crippen LogP contribution in [-0.2, 0) is 11.8 Å². The van der Waals surface area contributed by atoms with Gasteiger partial charge in [0.05, 0.1) is 29.6 Å². The van der Waals surface area contributed by atoms with Crippen molar-refractivity contribution in [3.63, 3.8) is 0 Å². The van der Waals surface area contributed by atoms with Crippen LogP contribution in [0, 0.1) is 0 Å². The molecule has 0 fully saturated rings. The number of imidazole rings is 1. The number of ether oxygens (including phenoxy) is 1. The zero-order valence-corrected chi connectivity index (χ0v) is 15.9.